The highest BCUT2D eigenvalue weighted by molar-refractivity contribution is 6.19. The molecule has 5 heteroatoms. The van der Waals surface area contributed by atoms with Crippen LogP contribution < -0.4 is 14.8 Å². The number of hydrogen-bond acceptors (Lipinski definition) is 4. The first-order valence-electron chi connectivity index (χ1n) is 8.27. The molecule has 0 saturated heterocycles. The van der Waals surface area contributed by atoms with Crippen LogP contribution in [0, 0.1) is 6.92 Å². The van der Waals surface area contributed by atoms with Crippen LogP contribution in [0.2, 0.25) is 0 Å². The number of carbonyl (C=O) groups is 1. The van der Waals surface area contributed by atoms with Crippen molar-refractivity contribution in [3.8, 4) is 11.5 Å². The Morgan fingerprint density at radius 2 is 1.92 bits per heavy atom. The lowest BCUT2D eigenvalue weighted by atomic mass is 10.1. The number of nitrogens with one attached hydrogen (secondary N) is 1. The Hall–Kier alpha value is -3.08. The van der Waals surface area contributed by atoms with Crippen LogP contribution in [0.5, 0.6) is 11.5 Å². The first kappa shape index (κ1) is 15.4. The lowest BCUT2D eigenvalue weighted by Gasteiger charge is -2.07. The molecule has 0 fully saturated rings. The quantitative estimate of drug-likeness (QED) is 0.859. The first-order valence-corrected chi connectivity index (χ1v) is 8.27. The number of hydrogen-bond donors (Lipinski definition) is 1. The molecule has 2 aromatic carbocycles. The second-order valence-corrected chi connectivity index (χ2v) is 6.07. The number of rotatable bonds is 2. The van der Waals surface area contributed by atoms with Gasteiger partial charge in [-0.1, -0.05) is 29.8 Å². The Morgan fingerprint density at radius 1 is 1.08 bits per heavy atom. The smallest absolute Gasteiger partial charge is 0.275 e. The highest BCUT2D eigenvalue weighted by Gasteiger charge is 2.21. The highest BCUT2D eigenvalue weighted by Crippen LogP contribution is 2.31. The van der Waals surface area contributed by atoms with Gasteiger partial charge < -0.3 is 14.8 Å². The Balaban J connectivity index is 1.65. The number of amides is 1. The van der Waals surface area contributed by atoms with Crippen LogP contribution in [0.25, 0.3) is 6.08 Å². The summed E-state index contributed by atoms with van der Waals surface area (Å²) in [6.07, 6.45) is 2.62. The maximum atomic E-state index is 12.2. The van der Waals surface area contributed by atoms with E-state index >= 15 is 0 Å². The van der Waals surface area contributed by atoms with Crippen molar-refractivity contribution in [2.24, 2.45) is 4.99 Å². The largest absolute Gasteiger partial charge is 0.490 e. The molecule has 126 valence electrons. The van der Waals surface area contributed by atoms with Crippen LogP contribution in [-0.2, 0) is 4.79 Å². The fourth-order valence-electron chi connectivity index (χ4n) is 2.83. The lowest BCUT2D eigenvalue weighted by molar-refractivity contribution is -0.115. The summed E-state index contributed by atoms with van der Waals surface area (Å²) in [6, 6.07) is 13.5. The van der Waals surface area contributed by atoms with E-state index in [9.17, 15) is 4.79 Å². The Morgan fingerprint density at radius 3 is 2.76 bits per heavy atom. The normalized spacial score (nSPS) is 17.9. The van der Waals surface area contributed by atoms with Crippen molar-refractivity contribution in [3.63, 3.8) is 0 Å². The number of benzene rings is 2. The summed E-state index contributed by atoms with van der Waals surface area (Å²) < 4.78 is 11.3. The van der Waals surface area contributed by atoms with E-state index in [2.05, 4.69) is 10.3 Å². The van der Waals surface area contributed by atoms with Crippen molar-refractivity contribution in [1.29, 1.82) is 0 Å². The Kier molecular flexibility index (Phi) is 3.98. The molecule has 0 unspecified atom stereocenters. The monoisotopic (exact) mass is 334 g/mol. The number of amidine groups is 1. The van der Waals surface area contributed by atoms with Gasteiger partial charge in [0.25, 0.3) is 5.91 Å². The number of fused-ring (bicyclic) bond motifs is 1. The maximum Gasteiger partial charge on any atom is 0.275 e. The summed E-state index contributed by atoms with van der Waals surface area (Å²) >= 11 is 0. The first-order chi connectivity index (χ1) is 12.2. The minimum absolute atomic E-state index is 0.205. The van der Waals surface area contributed by atoms with Crippen molar-refractivity contribution in [2.75, 3.05) is 13.2 Å². The predicted octanol–water partition coefficient (Wildman–Crippen LogP) is 3.07. The average molecular weight is 334 g/mol. The fraction of sp³-hybridized carbons (Fsp3) is 0.200. The van der Waals surface area contributed by atoms with Gasteiger partial charge in [0.05, 0.1) is 13.2 Å². The molecule has 2 aliphatic rings. The lowest BCUT2D eigenvalue weighted by Crippen LogP contribution is -2.24. The van der Waals surface area contributed by atoms with Crippen LogP contribution in [0.3, 0.4) is 0 Å². The summed E-state index contributed by atoms with van der Waals surface area (Å²) in [6.45, 7) is 3.29. The van der Waals surface area contributed by atoms with E-state index in [-0.39, 0.29) is 5.91 Å². The van der Waals surface area contributed by atoms with E-state index in [4.69, 9.17) is 9.47 Å². The summed E-state index contributed by atoms with van der Waals surface area (Å²) in [5, 5.41) is 2.83. The number of aliphatic imine (C=N–C) groups is 1. The minimum atomic E-state index is -0.205. The van der Waals surface area contributed by atoms with Gasteiger partial charge in [-0.3, -0.25) is 4.79 Å². The summed E-state index contributed by atoms with van der Waals surface area (Å²) in [7, 11) is 0. The molecule has 1 amide bonds. The molecule has 5 nitrogen and oxygen atoms in total. The number of carbonyl (C=O) groups excluding carboxylic acids is 1. The standard InChI is InChI=1S/C20H18N2O3/c1-13-4-2-5-15(10-13)19-21-16(20(23)22-19)11-14-6-7-17-18(12-14)25-9-3-8-24-17/h2,4-7,10-12H,3,8-9H2,1H3,(H,21,22,23)/b16-11+. The molecule has 0 atom stereocenters. The topological polar surface area (TPSA) is 59.9 Å². The molecule has 0 saturated carbocycles. The predicted molar refractivity (Wildman–Crippen MR) is 95.9 cm³/mol. The van der Waals surface area contributed by atoms with Gasteiger partial charge in [0.2, 0.25) is 0 Å². The van der Waals surface area contributed by atoms with E-state index in [1.807, 2.05) is 49.4 Å². The third-order valence-electron chi connectivity index (χ3n) is 4.06. The van der Waals surface area contributed by atoms with Gasteiger partial charge in [-0.25, -0.2) is 4.99 Å². The van der Waals surface area contributed by atoms with E-state index in [0.717, 1.165) is 28.9 Å². The van der Waals surface area contributed by atoms with Crippen molar-refractivity contribution < 1.29 is 14.3 Å². The summed E-state index contributed by atoms with van der Waals surface area (Å²) in [4.78, 5) is 16.7. The SMILES string of the molecule is Cc1cccc(C2=N/C(=C/c3ccc4c(c3)OCCCO4)C(=O)N2)c1. The van der Waals surface area contributed by atoms with E-state index in [1.165, 1.54) is 0 Å². The maximum absolute atomic E-state index is 12.2. The Bertz CT molecular complexity index is 900. The van der Waals surface area contributed by atoms with Gasteiger partial charge in [0.1, 0.15) is 11.5 Å². The Labute approximate surface area is 146 Å². The second kappa shape index (κ2) is 6.43. The zero-order valence-electron chi connectivity index (χ0n) is 13.9. The number of ether oxygens (including phenoxy) is 2. The second-order valence-electron chi connectivity index (χ2n) is 6.07. The van der Waals surface area contributed by atoms with Crippen LogP contribution in [0.4, 0.5) is 0 Å². The average Bonchev–Trinajstić information content (AvgIpc) is 2.82. The molecule has 0 bridgehead atoms. The van der Waals surface area contributed by atoms with Gasteiger partial charge in [-0.2, -0.15) is 0 Å². The molecule has 2 aromatic rings. The van der Waals surface area contributed by atoms with Crippen molar-refractivity contribution in [3.05, 3.63) is 64.9 Å². The molecular weight excluding hydrogens is 316 g/mol. The molecule has 2 aliphatic heterocycles. The van der Waals surface area contributed by atoms with Gasteiger partial charge >= 0.3 is 0 Å². The molecule has 2 heterocycles. The number of aryl methyl sites for hydroxylation is 1. The molecule has 1 N–H and O–H groups in total. The van der Waals surface area contributed by atoms with Gasteiger partial charge in [0.15, 0.2) is 11.5 Å². The van der Waals surface area contributed by atoms with Crippen LogP contribution in [-0.4, -0.2) is 25.0 Å². The van der Waals surface area contributed by atoms with E-state index in [0.29, 0.717) is 30.5 Å². The molecule has 25 heavy (non-hydrogen) atoms. The number of nitrogens with zero attached hydrogens (tertiary/aromatic N) is 1. The molecule has 0 aliphatic carbocycles. The van der Waals surface area contributed by atoms with Crippen molar-refractivity contribution in [2.45, 2.75) is 13.3 Å². The molecule has 0 radical (unpaired) electrons. The zero-order valence-corrected chi connectivity index (χ0v) is 13.9. The van der Waals surface area contributed by atoms with Crippen LogP contribution >= 0.6 is 0 Å². The minimum Gasteiger partial charge on any atom is -0.490 e. The van der Waals surface area contributed by atoms with Crippen LogP contribution in [0.15, 0.2) is 53.2 Å². The molecule has 0 spiro atoms. The van der Waals surface area contributed by atoms with E-state index < -0.39 is 0 Å². The van der Waals surface area contributed by atoms with Crippen molar-refractivity contribution in [1.82, 2.24) is 5.32 Å². The zero-order chi connectivity index (χ0) is 17.2. The van der Waals surface area contributed by atoms with Crippen molar-refractivity contribution >= 4 is 17.8 Å². The van der Waals surface area contributed by atoms with Gasteiger partial charge in [-0.05, 0) is 36.8 Å². The highest BCUT2D eigenvalue weighted by atomic mass is 16.5. The summed E-state index contributed by atoms with van der Waals surface area (Å²) in [5.41, 5.74) is 3.25. The molecule has 4 rings (SSSR count). The fourth-order valence-corrected chi connectivity index (χ4v) is 2.83. The van der Waals surface area contributed by atoms with E-state index in [1.54, 1.807) is 6.08 Å². The van der Waals surface area contributed by atoms with Gasteiger partial charge in [0, 0.05) is 12.0 Å². The third kappa shape index (κ3) is 3.26. The van der Waals surface area contributed by atoms with Gasteiger partial charge in [-0.15, -0.1) is 0 Å². The third-order valence-corrected chi connectivity index (χ3v) is 4.06. The van der Waals surface area contributed by atoms with Crippen LogP contribution in [0.1, 0.15) is 23.1 Å². The summed E-state index contributed by atoms with van der Waals surface area (Å²) in [5.74, 6) is 1.81. The molecular formula is C20H18N2O3. The molecule has 0 aromatic heterocycles.